The van der Waals surface area contributed by atoms with Crippen LogP contribution in [0.15, 0.2) is 0 Å². The fourth-order valence-electron chi connectivity index (χ4n) is 8.46. The van der Waals surface area contributed by atoms with Crippen molar-refractivity contribution in [1.29, 1.82) is 0 Å². The van der Waals surface area contributed by atoms with Crippen molar-refractivity contribution in [3.05, 3.63) is 0 Å². The molecule has 0 amide bonds. The molecule has 0 aliphatic rings. The molecule has 0 aromatic rings. The third-order valence-corrected chi connectivity index (χ3v) is 13.7. The molecule has 0 fully saturated rings. The summed E-state index contributed by atoms with van der Waals surface area (Å²) in [6, 6.07) is 0. The van der Waals surface area contributed by atoms with E-state index in [2.05, 4.69) is 37.5 Å². The van der Waals surface area contributed by atoms with Crippen LogP contribution in [-0.2, 0) is 73.3 Å². The summed E-state index contributed by atoms with van der Waals surface area (Å²) in [5.74, 6) is 0. The second-order valence-corrected chi connectivity index (χ2v) is 20.7. The molecule has 0 radical (unpaired) electrons. The largest absolute Gasteiger partial charge is 6.00 e. The number of thiocarbonyl (C=S) groups is 2. The molecule has 0 saturated heterocycles. The SMILES string of the molecule is CCCCCCCCCCCCCN(CCCCCCCCCCCCC)C(=S)[S-].CCCCCCCCCCCCCN(CCCCCCCCCCCCC)C(=S)[S-].[Mo+6].[S-2].[S-2]. The zero-order valence-corrected chi connectivity index (χ0v) is 49.6. The van der Waals surface area contributed by atoms with Gasteiger partial charge in [-0.05, 0) is 25.7 Å². The minimum Gasteiger partial charge on any atom is -2.00 e. The number of hydrogen-bond acceptors (Lipinski definition) is 4. The molecular formula is C54H108MoN2S6. The van der Waals surface area contributed by atoms with E-state index >= 15 is 0 Å². The monoisotopic (exact) mass is 1070 g/mol. The van der Waals surface area contributed by atoms with E-state index in [1.165, 1.54) is 283 Å². The van der Waals surface area contributed by atoms with Crippen LogP contribution in [0.25, 0.3) is 0 Å². The molecule has 376 valence electrons. The van der Waals surface area contributed by atoms with Crippen LogP contribution in [-0.4, -0.2) is 44.6 Å². The van der Waals surface area contributed by atoms with Crippen molar-refractivity contribution in [2.45, 2.75) is 310 Å². The smallest absolute Gasteiger partial charge is 2.00 e. The van der Waals surface area contributed by atoms with Crippen molar-refractivity contribution < 1.29 is 21.1 Å². The standard InChI is InChI=1S/2C27H55NS2.Mo.2S/c2*1-3-5-7-9-11-13-15-17-19-21-23-25-28(27(29)30)26-24-22-20-18-16-14-12-10-8-6-4-2;;;/h2*3-26H2,1-2H3,(H,29,30);;;/q;;+6;2*-2/p-2. The van der Waals surface area contributed by atoms with Crippen LogP contribution >= 0.6 is 24.4 Å². The zero-order chi connectivity index (χ0) is 44.3. The van der Waals surface area contributed by atoms with Crippen molar-refractivity contribution >= 4 is 85.3 Å². The molecule has 0 unspecified atom stereocenters. The topological polar surface area (TPSA) is 6.48 Å². The molecule has 63 heavy (non-hydrogen) atoms. The van der Waals surface area contributed by atoms with E-state index in [0.717, 1.165) is 26.2 Å². The van der Waals surface area contributed by atoms with Gasteiger partial charge in [0.15, 0.2) is 0 Å². The van der Waals surface area contributed by atoms with Gasteiger partial charge >= 0.3 is 21.1 Å². The second kappa shape index (κ2) is 65.7. The number of unbranched alkanes of at least 4 members (excludes halogenated alkanes) is 40. The van der Waals surface area contributed by atoms with Crippen molar-refractivity contribution in [2.75, 3.05) is 26.2 Å². The first-order valence-electron chi connectivity index (χ1n) is 27.4. The van der Waals surface area contributed by atoms with Gasteiger partial charge in [-0.25, -0.2) is 0 Å². The fraction of sp³-hybridized carbons (Fsp3) is 0.963. The first kappa shape index (κ1) is 73.6. The van der Waals surface area contributed by atoms with E-state index in [-0.39, 0.29) is 48.1 Å². The summed E-state index contributed by atoms with van der Waals surface area (Å²) in [5, 5.41) is 0. The van der Waals surface area contributed by atoms with Gasteiger partial charge in [0.05, 0.1) is 0 Å². The molecular weight excluding hydrogens is 965 g/mol. The number of rotatable bonds is 48. The van der Waals surface area contributed by atoms with Crippen LogP contribution in [0.5, 0.6) is 0 Å². The van der Waals surface area contributed by atoms with Gasteiger partial charge in [0.1, 0.15) is 0 Å². The van der Waals surface area contributed by atoms with E-state index in [0.29, 0.717) is 8.64 Å². The van der Waals surface area contributed by atoms with Gasteiger partial charge in [-0.2, -0.15) is 0 Å². The van der Waals surface area contributed by atoms with Crippen molar-refractivity contribution in [2.24, 2.45) is 0 Å². The van der Waals surface area contributed by atoms with Crippen molar-refractivity contribution in [3.8, 4) is 0 Å². The van der Waals surface area contributed by atoms with Gasteiger partial charge in [-0.15, -0.1) is 0 Å². The molecule has 0 aliphatic carbocycles. The maximum absolute atomic E-state index is 5.32. The minimum atomic E-state index is 0. The molecule has 0 bridgehead atoms. The second-order valence-electron chi connectivity index (χ2n) is 18.6. The van der Waals surface area contributed by atoms with Crippen LogP contribution < -0.4 is 0 Å². The maximum atomic E-state index is 5.32. The predicted octanol–water partition coefficient (Wildman–Crippen LogP) is 19.5. The van der Waals surface area contributed by atoms with Gasteiger partial charge in [0.2, 0.25) is 0 Å². The van der Waals surface area contributed by atoms with E-state index in [9.17, 15) is 0 Å². The molecule has 0 aromatic heterocycles. The molecule has 0 aliphatic heterocycles. The van der Waals surface area contributed by atoms with E-state index in [1.807, 2.05) is 0 Å². The summed E-state index contributed by atoms with van der Waals surface area (Å²) in [4.78, 5) is 4.57. The third kappa shape index (κ3) is 63.6. The summed E-state index contributed by atoms with van der Waals surface area (Å²) in [7, 11) is 0. The first-order valence-corrected chi connectivity index (χ1v) is 29.0. The molecule has 9 heteroatoms. The summed E-state index contributed by atoms with van der Waals surface area (Å²) in [6.07, 6.45) is 61.3. The minimum absolute atomic E-state index is 0. The summed E-state index contributed by atoms with van der Waals surface area (Å²) < 4.78 is 1.38. The Labute approximate surface area is 448 Å². The van der Waals surface area contributed by atoms with Crippen molar-refractivity contribution in [3.63, 3.8) is 0 Å². The Morgan fingerprint density at radius 1 is 0.254 bits per heavy atom. The molecule has 0 heterocycles. The first-order chi connectivity index (χ1) is 29.4. The van der Waals surface area contributed by atoms with E-state index in [4.69, 9.17) is 49.7 Å². The van der Waals surface area contributed by atoms with Crippen molar-refractivity contribution in [1.82, 2.24) is 9.80 Å². The Morgan fingerprint density at radius 3 is 0.476 bits per heavy atom. The number of hydrogen-bond donors (Lipinski definition) is 0. The number of nitrogens with zero attached hydrogens (tertiary/aromatic N) is 2. The molecule has 0 N–H and O–H groups in total. The van der Waals surface area contributed by atoms with Crippen LogP contribution in [0.1, 0.15) is 310 Å². The zero-order valence-electron chi connectivity index (χ0n) is 42.7. The Morgan fingerprint density at radius 2 is 0.365 bits per heavy atom. The van der Waals surface area contributed by atoms with Crippen LogP contribution in [0, 0.1) is 0 Å². The normalized spacial score (nSPS) is 10.6. The Balaban J connectivity index is -0.000000340. The molecule has 0 rings (SSSR count). The Hall–Kier alpha value is 1.61. The summed E-state index contributed by atoms with van der Waals surface area (Å²) in [6.45, 7) is 13.5. The Bertz CT molecular complexity index is 720. The predicted molar refractivity (Wildman–Crippen MR) is 304 cm³/mol. The van der Waals surface area contributed by atoms with Gasteiger partial charge in [0, 0.05) is 26.2 Å². The van der Waals surface area contributed by atoms with Gasteiger partial charge in [-0.3, -0.25) is 0 Å². The van der Waals surface area contributed by atoms with Gasteiger partial charge < -0.3 is 86.5 Å². The molecule has 0 spiro atoms. The fourth-order valence-corrected chi connectivity index (χ4v) is 9.19. The van der Waals surface area contributed by atoms with Gasteiger partial charge in [-0.1, -0.05) is 293 Å². The molecule has 0 saturated carbocycles. The molecule has 0 aromatic carbocycles. The summed E-state index contributed by atoms with van der Waals surface area (Å²) >= 11 is 21.3. The molecule has 2 nitrogen and oxygen atoms in total. The average Bonchev–Trinajstić information content (AvgIpc) is 3.24. The van der Waals surface area contributed by atoms with Crippen LogP contribution in [0.3, 0.4) is 0 Å². The average molecular weight is 1070 g/mol. The maximum Gasteiger partial charge on any atom is 6.00 e. The Kier molecular flexibility index (Phi) is 76.7. The summed E-state index contributed by atoms with van der Waals surface area (Å²) in [5.41, 5.74) is 0. The van der Waals surface area contributed by atoms with Gasteiger partial charge in [0.25, 0.3) is 0 Å². The van der Waals surface area contributed by atoms with E-state index < -0.39 is 0 Å². The quantitative estimate of drug-likeness (QED) is 0.0257. The third-order valence-electron chi connectivity index (χ3n) is 12.6. The molecule has 0 atom stereocenters. The van der Waals surface area contributed by atoms with Crippen LogP contribution in [0.2, 0.25) is 0 Å². The van der Waals surface area contributed by atoms with E-state index in [1.54, 1.807) is 0 Å². The van der Waals surface area contributed by atoms with Crippen LogP contribution in [0.4, 0.5) is 0 Å².